The number of nitrogens with zero attached hydrogens (tertiary/aromatic N) is 2. The molecular weight excluding hydrogens is 232 g/mol. The zero-order valence-electron chi connectivity index (χ0n) is 11.9. The van der Waals surface area contributed by atoms with Crippen LogP contribution in [0.2, 0.25) is 0 Å². The average Bonchev–Trinajstić information content (AvgIpc) is 2.91. The first kappa shape index (κ1) is 12.6. The van der Waals surface area contributed by atoms with E-state index in [-0.39, 0.29) is 0 Å². The van der Waals surface area contributed by atoms with Crippen LogP contribution in [-0.4, -0.2) is 9.97 Å². The summed E-state index contributed by atoms with van der Waals surface area (Å²) in [5, 5.41) is 0. The van der Waals surface area contributed by atoms with E-state index in [1.54, 1.807) is 0 Å². The van der Waals surface area contributed by atoms with Crippen molar-refractivity contribution < 1.29 is 0 Å². The summed E-state index contributed by atoms with van der Waals surface area (Å²) in [6, 6.07) is 6.57. The van der Waals surface area contributed by atoms with Crippen LogP contribution in [0.3, 0.4) is 0 Å². The maximum Gasteiger partial charge on any atom is 0.0892 e. The minimum absolute atomic E-state index is 0.960. The van der Waals surface area contributed by atoms with Crippen molar-refractivity contribution in [3.8, 4) is 0 Å². The zero-order valence-corrected chi connectivity index (χ0v) is 11.9. The summed E-state index contributed by atoms with van der Waals surface area (Å²) in [5.74, 6) is 0.960. The second-order valence-electron chi connectivity index (χ2n) is 5.91. The van der Waals surface area contributed by atoms with Gasteiger partial charge < -0.3 is 0 Å². The van der Waals surface area contributed by atoms with Gasteiger partial charge in [-0.2, -0.15) is 0 Å². The van der Waals surface area contributed by atoms with Crippen molar-refractivity contribution in [3.05, 3.63) is 35.2 Å². The van der Waals surface area contributed by atoms with Crippen LogP contribution in [0, 0.1) is 19.8 Å². The number of benzene rings is 1. The Kier molecular flexibility index (Phi) is 3.50. The van der Waals surface area contributed by atoms with Gasteiger partial charge in [-0.1, -0.05) is 31.7 Å². The number of aromatic nitrogens is 2. The molecule has 100 valence electrons. The van der Waals surface area contributed by atoms with Gasteiger partial charge in [-0.05, 0) is 50.3 Å². The lowest BCUT2D eigenvalue weighted by molar-refractivity contribution is 0.504. The van der Waals surface area contributed by atoms with E-state index in [2.05, 4.69) is 28.2 Å². The van der Waals surface area contributed by atoms with Crippen molar-refractivity contribution >= 4 is 11.0 Å². The van der Waals surface area contributed by atoms with Crippen LogP contribution in [0.15, 0.2) is 18.2 Å². The van der Waals surface area contributed by atoms with Crippen molar-refractivity contribution in [2.45, 2.75) is 52.4 Å². The Morgan fingerprint density at radius 3 is 2.42 bits per heavy atom. The van der Waals surface area contributed by atoms with Gasteiger partial charge in [0.15, 0.2) is 0 Å². The third-order valence-electron chi connectivity index (χ3n) is 4.46. The molecule has 0 atom stereocenters. The molecule has 1 fully saturated rings. The lowest BCUT2D eigenvalue weighted by Gasteiger charge is -2.09. The average molecular weight is 254 g/mol. The van der Waals surface area contributed by atoms with Crippen molar-refractivity contribution in [3.63, 3.8) is 0 Å². The molecule has 19 heavy (non-hydrogen) atoms. The van der Waals surface area contributed by atoms with Gasteiger partial charge in [0.25, 0.3) is 0 Å². The van der Waals surface area contributed by atoms with Crippen molar-refractivity contribution in [1.29, 1.82) is 0 Å². The molecule has 1 aliphatic carbocycles. The van der Waals surface area contributed by atoms with Crippen molar-refractivity contribution in [2.24, 2.45) is 5.92 Å². The number of fused-ring (bicyclic) bond motifs is 1. The maximum absolute atomic E-state index is 4.65. The molecule has 2 heteroatoms. The third-order valence-corrected chi connectivity index (χ3v) is 4.46. The second kappa shape index (κ2) is 5.28. The monoisotopic (exact) mass is 254 g/mol. The largest absolute Gasteiger partial charge is 0.250 e. The number of hydrogen-bond acceptors (Lipinski definition) is 2. The van der Waals surface area contributed by atoms with Crippen molar-refractivity contribution in [1.82, 2.24) is 9.97 Å². The lowest BCUT2D eigenvalue weighted by atomic mass is 9.98. The molecule has 0 saturated heterocycles. The Labute approximate surface area is 115 Å². The fourth-order valence-electron chi connectivity index (χ4n) is 3.10. The van der Waals surface area contributed by atoms with E-state index in [1.165, 1.54) is 44.1 Å². The molecule has 0 amide bonds. The molecule has 2 aromatic rings. The van der Waals surface area contributed by atoms with Gasteiger partial charge in [0.05, 0.1) is 22.4 Å². The predicted octanol–water partition coefficient (Wildman–Crippen LogP) is 4.37. The molecule has 0 spiro atoms. The summed E-state index contributed by atoms with van der Waals surface area (Å²) in [6.07, 6.45) is 8.27. The first-order valence-electron chi connectivity index (χ1n) is 7.46. The quantitative estimate of drug-likeness (QED) is 0.812. The minimum Gasteiger partial charge on any atom is -0.250 e. The molecule has 1 heterocycles. The van der Waals surface area contributed by atoms with Crippen LogP contribution >= 0.6 is 0 Å². The minimum atomic E-state index is 0.960. The highest BCUT2D eigenvalue weighted by Crippen LogP contribution is 2.29. The molecular formula is C17H22N2. The summed E-state index contributed by atoms with van der Waals surface area (Å²) in [6.45, 7) is 4.06. The number of aryl methyl sites for hydroxylation is 3. The molecule has 0 aliphatic heterocycles. The van der Waals surface area contributed by atoms with Gasteiger partial charge in [-0.3, -0.25) is 0 Å². The standard InChI is InChI=1S/C17H22N2/c1-12-13(2)19-17-11-15(9-10-16(17)18-12)8-7-14-5-3-4-6-14/h9-11,14H,3-8H2,1-2H3. The molecule has 1 aromatic carbocycles. The van der Waals surface area contributed by atoms with Crippen LogP contribution in [0.4, 0.5) is 0 Å². The van der Waals surface area contributed by atoms with Crippen LogP contribution < -0.4 is 0 Å². The number of rotatable bonds is 3. The van der Waals surface area contributed by atoms with E-state index >= 15 is 0 Å². The highest BCUT2D eigenvalue weighted by molar-refractivity contribution is 5.75. The topological polar surface area (TPSA) is 25.8 Å². The number of hydrogen-bond donors (Lipinski definition) is 0. The van der Waals surface area contributed by atoms with Gasteiger partial charge in [0, 0.05) is 0 Å². The fourth-order valence-corrected chi connectivity index (χ4v) is 3.10. The fraction of sp³-hybridized carbons (Fsp3) is 0.529. The van der Waals surface area contributed by atoms with E-state index in [4.69, 9.17) is 0 Å². The van der Waals surface area contributed by atoms with Crippen LogP contribution in [0.25, 0.3) is 11.0 Å². The molecule has 3 rings (SSSR count). The van der Waals surface area contributed by atoms with E-state index < -0.39 is 0 Å². The summed E-state index contributed by atoms with van der Waals surface area (Å²) in [5.41, 5.74) is 5.56. The summed E-state index contributed by atoms with van der Waals surface area (Å²) < 4.78 is 0. The van der Waals surface area contributed by atoms with Crippen LogP contribution in [0.5, 0.6) is 0 Å². The smallest absolute Gasteiger partial charge is 0.0892 e. The molecule has 1 saturated carbocycles. The van der Waals surface area contributed by atoms with E-state index in [0.29, 0.717) is 0 Å². The van der Waals surface area contributed by atoms with Gasteiger partial charge in [-0.25, -0.2) is 9.97 Å². The third kappa shape index (κ3) is 2.78. The molecule has 0 bridgehead atoms. The Morgan fingerprint density at radius 1 is 1.00 bits per heavy atom. The highest BCUT2D eigenvalue weighted by atomic mass is 14.8. The van der Waals surface area contributed by atoms with E-state index in [9.17, 15) is 0 Å². The zero-order chi connectivity index (χ0) is 13.2. The first-order valence-corrected chi connectivity index (χ1v) is 7.46. The van der Waals surface area contributed by atoms with Gasteiger partial charge in [0.2, 0.25) is 0 Å². The van der Waals surface area contributed by atoms with Crippen molar-refractivity contribution in [2.75, 3.05) is 0 Å². The van der Waals surface area contributed by atoms with Gasteiger partial charge in [-0.15, -0.1) is 0 Å². The SMILES string of the molecule is Cc1nc2ccc(CCC3CCCC3)cc2nc1C. The first-order chi connectivity index (χ1) is 9.22. The Hall–Kier alpha value is -1.44. The Balaban J connectivity index is 1.78. The molecule has 0 unspecified atom stereocenters. The molecule has 0 radical (unpaired) electrons. The lowest BCUT2D eigenvalue weighted by Crippen LogP contribution is -1.98. The summed E-state index contributed by atoms with van der Waals surface area (Å²) >= 11 is 0. The van der Waals surface area contributed by atoms with Crippen LogP contribution in [0.1, 0.15) is 49.1 Å². The Bertz CT molecular complexity index is 583. The molecule has 1 aliphatic rings. The summed E-state index contributed by atoms with van der Waals surface area (Å²) in [4.78, 5) is 9.24. The van der Waals surface area contributed by atoms with Crippen LogP contribution in [-0.2, 0) is 6.42 Å². The molecule has 2 nitrogen and oxygen atoms in total. The van der Waals surface area contributed by atoms with E-state index in [0.717, 1.165) is 28.3 Å². The highest BCUT2D eigenvalue weighted by Gasteiger charge is 2.14. The maximum atomic E-state index is 4.65. The molecule has 1 aromatic heterocycles. The predicted molar refractivity (Wildman–Crippen MR) is 79.3 cm³/mol. The molecule has 0 N–H and O–H groups in total. The normalized spacial score (nSPS) is 16.3. The van der Waals surface area contributed by atoms with E-state index in [1.807, 2.05) is 13.8 Å². The van der Waals surface area contributed by atoms with Gasteiger partial charge >= 0.3 is 0 Å². The Morgan fingerprint density at radius 2 is 1.68 bits per heavy atom. The second-order valence-corrected chi connectivity index (χ2v) is 5.91. The summed E-state index contributed by atoms with van der Waals surface area (Å²) in [7, 11) is 0. The van der Waals surface area contributed by atoms with Gasteiger partial charge in [0.1, 0.15) is 0 Å².